The van der Waals surface area contributed by atoms with Crippen molar-refractivity contribution in [2.45, 2.75) is 6.54 Å². The predicted molar refractivity (Wildman–Crippen MR) is 67.2 cm³/mol. The van der Waals surface area contributed by atoms with Gasteiger partial charge in [0.15, 0.2) is 6.61 Å². The summed E-state index contributed by atoms with van der Waals surface area (Å²) in [5.74, 6) is 0.336. The van der Waals surface area contributed by atoms with E-state index in [4.69, 9.17) is 14.4 Å². The smallest absolute Gasteiger partial charge is 0.258 e. The topological polar surface area (TPSA) is 75.3 Å². The summed E-state index contributed by atoms with van der Waals surface area (Å²) in [5.41, 5.74) is 1.45. The van der Waals surface area contributed by atoms with Gasteiger partial charge in [0, 0.05) is 12.1 Å². The van der Waals surface area contributed by atoms with E-state index in [9.17, 15) is 4.79 Å². The molecular formula is C14H12N2O3. The number of benzene rings is 1. The first-order chi connectivity index (χ1) is 9.28. The molecule has 19 heavy (non-hydrogen) atoms. The third-order valence-corrected chi connectivity index (χ3v) is 2.42. The summed E-state index contributed by atoms with van der Waals surface area (Å²) in [6.07, 6.45) is 3.12. The summed E-state index contributed by atoms with van der Waals surface area (Å²) in [6.45, 7) is 0.343. The lowest BCUT2D eigenvalue weighted by Gasteiger charge is -2.06. The van der Waals surface area contributed by atoms with Crippen molar-refractivity contribution in [2.24, 2.45) is 0 Å². The van der Waals surface area contributed by atoms with Crippen LogP contribution in [-0.4, -0.2) is 12.5 Å². The van der Waals surface area contributed by atoms with E-state index >= 15 is 0 Å². The highest BCUT2D eigenvalue weighted by atomic mass is 16.5. The van der Waals surface area contributed by atoms with Crippen LogP contribution in [0.5, 0.6) is 5.75 Å². The summed E-state index contributed by atoms with van der Waals surface area (Å²) in [7, 11) is 0. The molecule has 2 aromatic rings. The molecule has 1 heterocycles. The van der Waals surface area contributed by atoms with Gasteiger partial charge in [0.05, 0.1) is 24.2 Å². The maximum atomic E-state index is 11.5. The zero-order valence-electron chi connectivity index (χ0n) is 10.1. The first kappa shape index (κ1) is 12.7. The molecule has 0 saturated heterocycles. The van der Waals surface area contributed by atoms with E-state index < -0.39 is 0 Å². The van der Waals surface area contributed by atoms with Crippen LogP contribution in [0.4, 0.5) is 0 Å². The molecule has 0 aliphatic rings. The second kappa shape index (κ2) is 6.26. The number of nitrogens with zero attached hydrogens (tertiary/aromatic N) is 1. The lowest BCUT2D eigenvalue weighted by molar-refractivity contribution is -0.123. The first-order valence-corrected chi connectivity index (χ1v) is 5.68. The second-order valence-electron chi connectivity index (χ2n) is 3.83. The first-order valence-electron chi connectivity index (χ1n) is 5.68. The standard InChI is InChI=1S/C14H12N2O3/c15-7-11-1-3-13(4-2-11)19-10-14(17)16-8-12-5-6-18-9-12/h1-6,9H,8,10H2,(H,16,17). The van der Waals surface area contributed by atoms with Gasteiger partial charge in [0.25, 0.3) is 5.91 Å². The molecule has 0 radical (unpaired) electrons. The molecule has 1 aromatic heterocycles. The van der Waals surface area contributed by atoms with E-state index in [-0.39, 0.29) is 12.5 Å². The Labute approximate surface area is 110 Å². The minimum absolute atomic E-state index is 0.0657. The summed E-state index contributed by atoms with van der Waals surface area (Å²) in [6, 6.07) is 10.4. The van der Waals surface area contributed by atoms with Crippen molar-refractivity contribution in [3.63, 3.8) is 0 Å². The van der Waals surface area contributed by atoms with Crippen LogP contribution in [0.3, 0.4) is 0 Å². The van der Waals surface area contributed by atoms with Crippen LogP contribution in [0.1, 0.15) is 11.1 Å². The summed E-state index contributed by atoms with van der Waals surface area (Å²) in [5, 5.41) is 11.3. The zero-order chi connectivity index (χ0) is 13.5. The normalized spacial score (nSPS) is 9.63. The fraction of sp³-hybridized carbons (Fsp3) is 0.143. The number of carbonyl (C=O) groups excluding carboxylic acids is 1. The molecule has 0 atom stereocenters. The molecule has 0 aliphatic carbocycles. The van der Waals surface area contributed by atoms with Gasteiger partial charge >= 0.3 is 0 Å². The molecule has 0 unspecified atom stereocenters. The fourth-order valence-corrected chi connectivity index (χ4v) is 1.42. The van der Waals surface area contributed by atoms with Crippen molar-refractivity contribution < 1.29 is 13.9 Å². The molecule has 0 bridgehead atoms. The molecular weight excluding hydrogens is 244 g/mol. The Bertz CT molecular complexity index is 568. The number of rotatable bonds is 5. The van der Waals surface area contributed by atoms with Crippen molar-refractivity contribution >= 4 is 5.91 Å². The zero-order valence-corrected chi connectivity index (χ0v) is 10.1. The maximum absolute atomic E-state index is 11.5. The predicted octanol–water partition coefficient (Wildman–Crippen LogP) is 1.85. The van der Waals surface area contributed by atoms with Gasteiger partial charge in [0.1, 0.15) is 5.75 Å². The highest BCUT2D eigenvalue weighted by molar-refractivity contribution is 5.77. The minimum Gasteiger partial charge on any atom is -0.484 e. The van der Waals surface area contributed by atoms with Crippen LogP contribution in [0, 0.1) is 11.3 Å². The van der Waals surface area contributed by atoms with Gasteiger partial charge in [-0.1, -0.05) is 0 Å². The van der Waals surface area contributed by atoms with Crippen molar-refractivity contribution in [3.05, 3.63) is 54.0 Å². The molecule has 0 aliphatic heterocycles. The molecule has 1 aromatic carbocycles. The van der Waals surface area contributed by atoms with Gasteiger partial charge in [0.2, 0.25) is 0 Å². The number of furan rings is 1. The number of ether oxygens (including phenoxy) is 1. The minimum atomic E-state index is -0.217. The third-order valence-electron chi connectivity index (χ3n) is 2.42. The molecule has 1 N–H and O–H groups in total. The molecule has 0 spiro atoms. The van der Waals surface area contributed by atoms with E-state index in [1.807, 2.05) is 6.07 Å². The largest absolute Gasteiger partial charge is 0.484 e. The molecule has 0 saturated carbocycles. The average molecular weight is 256 g/mol. The van der Waals surface area contributed by atoms with Gasteiger partial charge < -0.3 is 14.5 Å². The van der Waals surface area contributed by atoms with Crippen LogP contribution in [0.2, 0.25) is 0 Å². The second-order valence-corrected chi connectivity index (χ2v) is 3.83. The van der Waals surface area contributed by atoms with Gasteiger partial charge in [-0.2, -0.15) is 5.26 Å². The highest BCUT2D eigenvalue weighted by Gasteiger charge is 2.03. The van der Waals surface area contributed by atoms with Crippen LogP contribution >= 0.6 is 0 Å². The Morgan fingerprint density at radius 3 is 2.74 bits per heavy atom. The molecule has 1 amide bonds. The van der Waals surface area contributed by atoms with Crippen molar-refractivity contribution in [1.82, 2.24) is 5.32 Å². The van der Waals surface area contributed by atoms with Crippen LogP contribution < -0.4 is 10.1 Å². The van der Waals surface area contributed by atoms with E-state index in [1.54, 1.807) is 42.9 Å². The molecule has 0 fully saturated rings. The van der Waals surface area contributed by atoms with Crippen LogP contribution in [0.25, 0.3) is 0 Å². The Morgan fingerprint density at radius 1 is 1.32 bits per heavy atom. The number of amides is 1. The molecule has 2 rings (SSSR count). The van der Waals surface area contributed by atoms with E-state index in [2.05, 4.69) is 5.32 Å². The monoisotopic (exact) mass is 256 g/mol. The third kappa shape index (κ3) is 3.89. The Hall–Kier alpha value is -2.74. The van der Waals surface area contributed by atoms with Gasteiger partial charge in [-0.15, -0.1) is 0 Å². The Kier molecular flexibility index (Phi) is 4.19. The quantitative estimate of drug-likeness (QED) is 0.885. The maximum Gasteiger partial charge on any atom is 0.258 e. The highest BCUT2D eigenvalue weighted by Crippen LogP contribution is 2.11. The summed E-state index contributed by atoms with van der Waals surface area (Å²) >= 11 is 0. The molecule has 5 heteroatoms. The van der Waals surface area contributed by atoms with Crippen molar-refractivity contribution in [1.29, 1.82) is 5.26 Å². The van der Waals surface area contributed by atoms with Gasteiger partial charge in [-0.25, -0.2) is 0 Å². The number of nitriles is 1. The Morgan fingerprint density at radius 2 is 2.11 bits per heavy atom. The molecule has 5 nitrogen and oxygen atoms in total. The lowest BCUT2D eigenvalue weighted by Crippen LogP contribution is -2.28. The van der Waals surface area contributed by atoms with E-state index in [0.717, 1.165) is 5.56 Å². The Balaban J connectivity index is 1.75. The van der Waals surface area contributed by atoms with Gasteiger partial charge in [-0.05, 0) is 30.3 Å². The van der Waals surface area contributed by atoms with E-state index in [1.165, 1.54) is 0 Å². The van der Waals surface area contributed by atoms with Crippen molar-refractivity contribution in [3.8, 4) is 11.8 Å². The SMILES string of the molecule is N#Cc1ccc(OCC(=O)NCc2ccoc2)cc1. The number of carbonyl (C=O) groups is 1. The lowest BCUT2D eigenvalue weighted by atomic mass is 10.2. The molecule has 96 valence electrons. The average Bonchev–Trinajstić information content (AvgIpc) is 2.96. The van der Waals surface area contributed by atoms with Crippen LogP contribution in [0.15, 0.2) is 47.3 Å². The summed E-state index contributed by atoms with van der Waals surface area (Å²) in [4.78, 5) is 11.5. The number of nitrogens with one attached hydrogen (secondary N) is 1. The van der Waals surface area contributed by atoms with Crippen molar-refractivity contribution in [2.75, 3.05) is 6.61 Å². The van der Waals surface area contributed by atoms with Gasteiger partial charge in [-0.3, -0.25) is 4.79 Å². The van der Waals surface area contributed by atoms with Crippen LogP contribution in [-0.2, 0) is 11.3 Å². The summed E-state index contributed by atoms with van der Waals surface area (Å²) < 4.78 is 10.2. The fourth-order valence-electron chi connectivity index (χ4n) is 1.42. The number of hydrogen-bond acceptors (Lipinski definition) is 4. The number of hydrogen-bond donors (Lipinski definition) is 1. The van der Waals surface area contributed by atoms with E-state index in [0.29, 0.717) is 17.9 Å².